The Bertz CT molecular complexity index is 1270. The van der Waals surface area contributed by atoms with E-state index in [1.807, 2.05) is 18.2 Å². The lowest BCUT2D eigenvalue weighted by Gasteiger charge is -2.35. The fraction of sp³-hybridized carbons (Fsp3) is 0.125. The largest absolute Gasteiger partial charge is 0.508 e. The summed E-state index contributed by atoms with van der Waals surface area (Å²) in [5, 5.41) is 11.4. The molecule has 7 heteroatoms. The van der Waals surface area contributed by atoms with E-state index >= 15 is 0 Å². The summed E-state index contributed by atoms with van der Waals surface area (Å²) in [6, 6.07) is 19.1. The predicted molar refractivity (Wildman–Crippen MR) is 114 cm³/mol. The Kier molecular flexibility index (Phi) is 4.68. The third kappa shape index (κ3) is 3.54. The fourth-order valence-electron chi connectivity index (χ4n) is 4.03. The van der Waals surface area contributed by atoms with Gasteiger partial charge < -0.3 is 14.8 Å². The maximum atomic E-state index is 13.1. The summed E-state index contributed by atoms with van der Waals surface area (Å²) in [4.78, 5) is 18.1. The van der Waals surface area contributed by atoms with Crippen molar-refractivity contribution in [1.29, 1.82) is 0 Å². The van der Waals surface area contributed by atoms with Gasteiger partial charge in [0.1, 0.15) is 11.8 Å². The molecule has 4 aromatic rings. The molecule has 1 aliphatic heterocycles. The van der Waals surface area contributed by atoms with Crippen molar-refractivity contribution in [3.8, 4) is 11.5 Å². The van der Waals surface area contributed by atoms with Crippen molar-refractivity contribution in [2.45, 2.75) is 12.5 Å². The molecular formula is C24H16ClFN2O3. The molecule has 1 atom stereocenters. The van der Waals surface area contributed by atoms with E-state index in [1.54, 1.807) is 29.2 Å². The molecule has 0 bridgehead atoms. The van der Waals surface area contributed by atoms with Crippen LogP contribution in [0.15, 0.2) is 54.6 Å². The Hall–Kier alpha value is -3.69. The first-order valence-electron chi connectivity index (χ1n) is 9.66. The first kappa shape index (κ1) is 19.3. The number of fused-ring (bicyclic) bond motifs is 3. The lowest BCUT2D eigenvalue weighted by atomic mass is 9.92. The monoisotopic (exact) mass is 434 g/mol. The molecule has 1 aliphatic rings. The van der Waals surface area contributed by atoms with Gasteiger partial charge in [0.15, 0.2) is 11.6 Å². The van der Waals surface area contributed by atoms with Gasteiger partial charge in [0.25, 0.3) is 0 Å². The summed E-state index contributed by atoms with van der Waals surface area (Å²) in [6.07, 6.45) is 0.0233. The van der Waals surface area contributed by atoms with E-state index in [0.29, 0.717) is 18.0 Å². The number of halogens is 2. The SMILES string of the molecule is O=C(Oc1c#cc(F)cc1)N1CCc2c([nH]c3ccc(Cl)cc23)C1c1ccc(O)cc1. The van der Waals surface area contributed by atoms with E-state index in [0.717, 1.165) is 33.8 Å². The predicted octanol–water partition coefficient (Wildman–Crippen LogP) is 5.41. The highest BCUT2D eigenvalue weighted by Crippen LogP contribution is 2.39. The van der Waals surface area contributed by atoms with Crippen molar-refractivity contribution in [2.75, 3.05) is 6.54 Å². The molecule has 5 nitrogen and oxygen atoms in total. The van der Waals surface area contributed by atoms with Gasteiger partial charge in [-0.1, -0.05) is 23.7 Å². The van der Waals surface area contributed by atoms with Crippen LogP contribution in [0.5, 0.6) is 11.5 Å². The molecule has 0 spiro atoms. The standard InChI is InChI=1S/C24H16ClFN2O3/c25-15-3-10-21-20(13-15)19-11-12-28(24(30)31-18-8-4-16(26)5-9-18)23(22(19)27-21)14-1-6-17(29)7-2-14/h1-4,6-8,10,13,23,27,29H,11-12H2. The number of ether oxygens (including phenoxy) is 1. The molecule has 3 aromatic carbocycles. The van der Waals surface area contributed by atoms with Gasteiger partial charge in [0, 0.05) is 28.2 Å². The summed E-state index contributed by atoms with van der Waals surface area (Å²) >= 11 is 6.21. The van der Waals surface area contributed by atoms with E-state index in [-0.39, 0.29) is 11.5 Å². The summed E-state index contributed by atoms with van der Waals surface area (Å²) in [7, 11) is 0. The highest BCUT2D eigenvalue weighted by Gasteiger charge is 2.35. The molecule has 0 aliphatic carbocycles. The van der Waals surface area contributed by atoms with Gasteiger partial charge in [-0.25, -0.2) is 4.79 Å². The van der Waals surface area contributed by atoms with Crippen molar-refractivity contribution in [2.24, 2.45) is 0 Å². The molecule has 0 radical (unpaired) electrons. The Labute approximate surface area is 182 Å². The number of hydrogen-bond acceptors (Lipinski definition) is 3. The zero-order valence-electron chi connectivity index (χ0n) is 16.2. The maximum Gasteiger partial charge on any atom is 0.416 e. The third-order valence-electron chi connectivity index (χ3n) is 5.42. The van der Waals surface area contributed by atoms with Gasteiger partial charge in [0.2, 0.25) is 0 Å². The second-order valence-electron chi connectivity index (χ2n) is 7.31. The van der Waals surface area contributed by atoms with E-state index in [9.17, 15) is 14.3 Å². The number of benzene rings is 2. The quantitative estimate of drug-likeness (QED) is 0.443. The van der Waals surface area contributed by atoms with Crippen molar-refractivity contribution in [3.63, 3.8) is 0 Å². The molecule has 0 saturated carbocycles. The number of nitrogens with one attached hydrogen (secondary N) is 1. The smallest absolute Gasteiger partial charge is 0.416 e. The molecule has 154 valence electrons. The number of carbonyl (C=O) groups is 1. The van der Waals surface area contributed by atoms with Gasteiger partial charge in [0.05, 0.1) is 0 Å². The lowest BCUT2D eigenvalue weighted by molar-refractivity contribution is 0.135. The number of hydrogen-bond donors (Lipinski definition) is 2. The zero-order valence-corrected chi connectivity index (χ0v) is 16.9. The molecule has 0 saturated heterocycles. The summed E-state index contributed by atoms with van der Waals surface area (Å²) < 4.78 is 18.6. The molecule has 5 rings (SSSR count). The molecule has 2 heterocycles. The second-order valence-corrected chi connectivity index (χ2v) is 7.74. The first-order valence-corrected chi connectivity index (χ1v) is 10.0. The number of carbonyl (C=O) groups excluding carboxylic acids is 1. The number of nitrogens with zero attached hydrogens (tertiary/aromatic N) is 1. The van der Waals surface area contributed by atoms with Crippen molar-refractivity contribution in [1.82, 2.24) is 9.88 Å². The van der Waals surface area contributed by atoms with Crippen LogP contribution >= 0.6 is 11.6 Å². The Morgan fingerprint density at radius 2 is 1.97 bits per heavy atom. The first-order chi connectivity index (χ1) is 15.0. The normalized spacial score (nSPS) is 15.4. The zero-order chi connectivity index (χ0) is 21.5. The highest BCUT2D eigenvalue weighted by molar-refractivity contribution is 6.31. The van der Waals surface area contributed by atoms with E-state index in [2.05, 4.69) is 17.1 Å². The topological polar surface area (TPSA) is 65.6 Å². The Morgan fingerprint density at radius 3 is 2.71 bits per heavy atom. The fourth-order valence-corrected chi connectivity index (χ4v) is 4.20. The number of aromatic nitrogens is 1. The van der Waals surface area contributed by atoms with E-state index in [1.165, 1.54) is 6.07 Å². The number of rotatable bonds is 2. The highest BCUT2D eigenvalue weighted by atomic mass is 35.5. The number of amides is 1. The molecule has 1 unspecified atom stereocenters. The minimum absolute atomic E-state index is 0.0880. The second kappa shape index (κ2) is 7.53. The molecule has 1 aromatic heterocycles. The van der Waals surface area contributed by atoms with Crippen LogP contribution in [0.4, 0.5) is 9.18 Å². The number of H-pyrrole nitrogens is 1. The maximum absolute atomic E-state index is 13.1. The van der Waals surface area contributed by atoms with Crippen LogP contribution in [0.25, 0.3) is 10.9 Å². The van der Waals surface area contributed by atoms with Crippen molar-refractivity contribution in [3.05, 3.63) is 94.4 Å². The van der Waals surface area contributed by atoms with Crippen LogP contribution in [-0.4, -0.2) is 27.6 Å². The van der Waals surface area contributed by atoms with Gasteiger partial charge in [-0.2, -0.15) is 4.39 Å². The minimum Gasteiger partial charge on any atom is -0.508 e. The average molecular weight is 435 g/mol. The van der Waals surface area contributed by atoms with Crippen LogP contribution in [0.3, 0.4) is 0 Å². The Morgan fingerprint density at radius 1 is 1.16 bits per heavy atom. The molecule has 1 amide bonds. The van der Waals surface area contributed by atoms with Gasteiger partial charge in [-0.05, 0) is 72.1 Å². The summed E-state index contributed by atoms with van der Waals surface area (Å²) in [5.41, 5.74) is 3.68. The summed E-state index contributed by atoms with van der Waals surface area (Å²) in [6.45, 7) is 0.405. The van der Waals surface area contributed by atoms with E-state index < -0.39 is 18.0 Å². The number of phenols is 1. The van der Waals surface area contributed by atoms with Crippen LogP contribution in [-0.2, 0) is 6.42 Å². The van der Waals surface area contributed by atoms with Gasteiger partial charge in [-0.15, -0.1) is 0 Å². The van der Waals surface area contributed by atoms with Gasteiger partial charge in [-0.3, -0.25) is 4.90 Å². The van der Waals surface area contributed by atoms with Crippen LogP contribution in [0, 0.1) is 17.9 Å². The van der Waals surface area contributed by atoms with E-state index in [4.69, 9.17) is 16.3 Å². The molecule has 31 heavy (non-hydrogen) atoms. The van der Waals surface area contributed by atoms with Crippen LogP contribution < -0.4 is 4.74 Å². The van der Waals surface area contributed by atoms with Gasteiger partial charge >= 0.3 is 6.09 Å². The number of aromatic amines is 1. The van der Waals surface area contributed by atoms with Crippen molar-refractivity contribution >= 4 is 28.6 Å². The summed E-state index contributed by atoms with van der Waals surface area (Å²) in [5.74, 6) is -0.361. The third-order valence-corrected chi connectivity index (χ3v) is 5.65. The average Bonchev–Trinajstić information content (AvgIpc) is 3.13. The molecule has 0 fully saturated rings. The molecular weight excluding hydrogens is 419 g/mol. The van der Waals surface area contributed by atoms with Crippen molar-refractivity contribution < 1.29 is 19.0 Å². The Balaban J connectivity index is 1.58. The number of phenolic OH excluding ortho intramolecular Hbond substituents is 1. The number of aromatic hydroxyl groups is 1. The lowest BCUT2D eigenvalue weighted by Crippen LogP contribution is -2.42. The van der Waals surface area contributed by atoms with Crippen LogP contribution in [0.2, 0.25) is 5.02 Å². The minimum atomic E-state index is -0.586. The molecule has 2 N–H and O–H groups in total. The van der Waals surface area contributed by atoms with Crippen LogP contribution in [0.1, 0.15) is 22.9 Å².